The molecular weight excluding hydrogens is 336 g/mol. The van der Waals surface area contributed by atoms with E-state index >= 15 is 0 Å². The lowest BCUT2D eigenvalue weighted by Gasteiger charge is -2.18. The van der Waals surface area contributed by atoms with Crippen molar-refractivity contribution >= 4 is 27.5 Å². The van der Waals surface area contributed by atoms with Crippen LogP contribution in [0.25, 0.3) is 21.6 Å². The van der Waals surface area contributed by atoms with Gasteiger partial charge >= 0.3 is 5.97 Å². The van der Waals surface area contributed by atoms with E-state index < -0.39 is 12.0 Å². The molecule has 1 unspecified atom stereocenters. The first-order valence-electron chi connectivity index (χ1n) is 8.17. The monoisotopic (exact) mass is 356 g/mol. The van der Waals surface area contributed by atoms with E-state index in [9.17, 15) is 14.7 Å². The largest absolute Gasteiger partial charge is 0.480 e. The normalized spacial score (nSPS) is 12.5. The van der Waals surface area contributed by atoms with Crippen molar-refractivity contribution in [3.8, 4) is 11.4 Å². The summed E-state index contributed by atoms with van der Waals surface area (Å²) in [4.78, 5) is 31.4. The Kier molecular flexibility index (Phi) is 4.47. The third kappa shape index (κ3) is 2.87. The van der Waals surface area contributed by atoms with Crippen LogP contribution >= 0.6 is 11.3 Å². The Morgan fingerprint density at radius 1 is 1.32 bits per heavy atom. The average Bonchev–Trinajstić information content (AvgIpc) is 2.84. The number of carboxylic acids is 1. The standard InChI is InChI=1S/C19H20N2O3S/c1-5-14(19(23)24)21-16(13-8-6-7-10(2)9-13)20-17-15(18(21)22)11(3)12(4)25-17/h6-9,14H,5H2,1-4H3,(H,23,24). The molecule has 0 saturated carbocycles. The van der Waals surface area contributed by atoms with Gasteiger partial charge in [-0.25, -0.2) is 9.78 Å². The first kappa shape index (κ1) is 17.4. The number of aryl methyl sites for hydroxylation is 3. The molecule has 25 heavy (non-hydrogen) atoms. The second-order valence-electron chi connectivity index (χ2n) is 6.21. The third-order valence-corrected chi connectivity index (χ3v) is 5.60. The molecule has 0 radical (unpaired) electrons. The Labute approximate surface area is 149 Å². The zero-order chi connectivity index (χ0) is 18.3. The number of aliphatic carboxylic acids is 1. The van der Waals surface area contributed by atoms with Crippen LogP contribution in [0.4, 0.5) is 0 Å². The van der Waals surface area contributed by atoms with Crippen LogP contribution in [0.5, 0.6) is 0 Å². The summed E-state index contributed by atoms with van der Waals surface area (Å²) < 4.78 is 1.35. The highest BCUT2D eigenvalue weighted by molar-refractivity contribution is 7.18. The van der Waals surface area contributed by atoms with Crippen molar-refractivity contribution in [3.05, 3.63) is 50.6 Å². The minimum Gasteiger partial charge on any atom is -0.480 e. The van der Waals surface area contributed by atoms with Gasteiger partial charge in [0, 0.05) is 10.4 Å². The maximum absolute atomic E-state index is 13.2. The highest BCUT2D eigenvalue weighted by Gasteiger charge is 2.26. The van der Waals surface area contributed by atoms with Gasteiger partial charge in [-0.15, -0.1) is 11.3 Å². The number of thiophene rings is 1. The molecule has 130 valence electrons. The van der Waals surface area contributed by atoms with Crippen LogP contribution in [-0.4, -0.2) is 20.6 Å². The van der Waals surface area contributed by atoms with Crippen LogP contribution < -0.4 is 5.56 Å². The number of rotatable bonds is 4. The second-order valence-corrected chi connectivity index (χ2v) is 7.41. The number of benzene rings is 1. The van der Waals surface area contributed by atoms with Gasteiger partial charge in [0.25, 0.3) is 5.56 Å². The maximum Gasteiger partial charge on any atom is 0.326 e. The molecule has 0 bridgehead atoms. The quantitative estimate of drug-likeness (QED) is 0.764. The molecule has 2 heterocycles. The molecule has 5 nitrogen and oxygen atoms in total. The number of aromatic nitrogens is 2. The van der Waals surface area contributed by atoms with E-state index in [-0.39, 0.29) is 5.56 Å². The zero-order valence-electron chi connectivity index (χ0n) is 14.7. The van der Waals surface area contributed by atoms with Crippen LogP contribution in [0.15, 0.2) is 29.1 Å². The molecule has 0 aliphatic carbocycles. The molecule has 0 spiro atoms. The lowest BCUT2D eigenvalue weighted by atomic mass is 10.1. The smallest absolute Gasteiger partial charge is 0.326 e. The summed E-state index contributed by atoms with van der Waals surface area (Å²) in [5.74, 6) is -0.610. The van der Waals surface area contributed by atoms with Gasteiger partial charge in [-0.2, -0.15) is 0 Å². The lowest BCUT2D eigenvalue weighted by molar-refractivity contribution is -0.141. The van der Waals surface area contributed by atoms with E-state index in [1.807, 2.05) is 45.0 Å². The summed E-state index contributed by atoms with van der Waals surface area (Å²) in [5.41, 5.74) is 2.38. The Morgan fingerprint density at radius 2 is 2.04 bits per heavy atom. The molecule has 3 aromatic rings. The third-order valence-electron chi connectivity index (χ3n) is 4.49. The first-order chi connectivity index (χ1) is 11.8. The van der Waals surface area contributed by atoms with E-state index in [2.05, 4.69) is 0 Å². The Bertz CT molecular complexity index is 1030. The average molecular weight is 356 g/mol. The summed E-state index contributed by atoms with van der Waals surface area (Å²) in [6.45, 7) is 7.56. The molecule has 6 heteroatoms. The lowest BCUT2D eigenvalue weighted by Crippen LogP contribution is -2.31. The van der Waals surface area contributed by atoms with Crippen molar-refractivity contribution in [1.29, 1.82) is 0 Å². The fraction of sp³-hybridized carbons (Fsp3) is 0.316. The molecule has 1 N–H and O–H groups in total. The summed E-state index contributed by atoms with van der Waals surface area (Å²) >= 11 is 1.47. The van der Waals surface area contributed by atoms with Crippen molar-refractivity contribution in [2.75, 3.05) is 0 Å². The maximum atomic E-state index is 13.2. The van der Waals surface area contributed by atoms with Crippen molar-refractivity contribution in [3.63, 3.8) is 0 Å². The predicted octanol–water partition coefficient (Wildman–Crippen LogP) is 4.09. The van der Waals surface area contributed by atoms with Gasteiger partial charge in [-0.3, -0.25) is 9.36 Å². The number of carbonyl (C=O) groups is 1. The molecule has 2 aromatic heterocycles. The molecule has 0 aliphatic heterocycles. The molecule has 3 rings (SSSR count). The van der Waals surface area contributed by atoms with Crippen LogP contribution in [0.3, 0.4) is 0 Å². The van der Waals surface area contributed by atoms with Gasteiger partial charge in [0.05, 0.1) is 5.39 Å². The Hall–Kier alpha value is -2.47. The van der Waals surface area contributed by atoms with Crippen molar-refractivity contribution < 1.29 is 9.90 Å². The summed E-state index contributed by atoms with van der Waals surface area (Å²) in [6, 6.07) is 6.68. The summed E-state index contributed by atoms with van der Waals surface area (Å²) in [6.07, 6.45) is 0.309. The Balaban J connectivity index is 2.45. The van der Waals surface area contributed by atoms with Crippen LogP contribution in [-0.2, 0) is 4.79 Å². The molecule has 1 aromatic carbocycles. The highest BCUT2D eigenvalue weighted by Crippen LogP contribution is 2.30. The van der Waals surface area contributed by atoms with Crippen LogP contribution in [0, 0.1) is 20.8 Å². The molecule has 0 saturated heterocycles. The number of carboxylic acid groups (broad SMARTS) is 1. The van der Waals surface area contributed by atoms with Gasteiger partial charge < -0.3 is 5.11 Å². The van der Waals surface area contributed by atoms with E-state index in [1.165, 1.54) is 15.9 Å². The van der Waals surface area contributed by atoms with Gasteiger partial charge in [0.15, 0.2) is 0 Å². The van der Waals surface area contributed by atoms with Crippen LogP contribution in [0.2, 0.25) is 0 Å². The van der Waals surface area contributed by atoms with Crippen LogP contribution in [0.1, 0.15) is 35.4 Å². The van der Waals surface area contributed by atoms with E-state index in [0.29, 0.717) is 22.5 Å². The topological polar surface area (TPSA) is 72.2 Å². The number of fused-ring (bicyclic) bond motifs is 1. The summed E-state index contributed by atoms with van der Waals surface area (Å²) in [7, 11) is 0. The predicted molar refractivity (Wildman–Crippen MR) is 100 cm³/mol. The van der Waals surface area contributed by atoms with E-state index in [0.717, 1.165) is 21.6 Å². The second kappa shape index (κ2) is 6.44. The number of hydrogen-bond acceptors (Lipinski definition) is 4. The molecular formula is C19H20N2O3S. The first-order valence-corrected chi connectivity index (χ1v) is 8.98. The van der Waals surface area contributed by atoms with Crippen molar-refractivity contribution in [2.24, 2.45) is 0 Å². The zero-order valence-corrected chi connectivity index (χ0v) is 15.5. The SMILES string of the molecule is CCC(C(=O)O)n1c(-c2cccc(C)c2)nc2sc(C)c(C)c2c1=O. The Morgan fingerprint density at radius 3 is 2.64 bits per heavy atom. The van der Waals surface area contributed by atoms with Gasteiger partial charge in [0.2, 0.25) is 0 Å². The van der Waals surface area contributed by atoms with E-state index in [4.69, 9.17) is 4.98 Å². The fourth-order valence-corrected chi connectivity index (χ4v) is 4.07. The van der Waals surface area contributed by atoms with Gasteiger partial charge in [-0.1, -0.05) is 30.7 Å². The summed E-state index contributed by atoms with van der Waals surface area (Å²) in [5, 5.41) is 10.2. The van der Waals surface area contributed by atoms with Crippen molar-refractivity contribution in [1.82, 2.24) is 9.55 Å². The van der Waals surface area contributed by atoms with Crippen molar-refractivity contribution in [2.45, 2.75) is 40.2 Å². The molecule has 1 atom stereocenters. The minimum absolute atomic E-state index is 0.280. The fourth-order valence-electron chi connectivity index (χ4n) is 3.05. The highest BCUT2D eigenvalue weighted by atomic mass is 32.1. The number of nitrogens with zero attached hydrogens (tertiary/aromatic N) is 2. The van der Waals surface area contributed by atoms with Gasteiger partial charge in [0.1, 0.15) is 16.7 Å². The minimum atomic E-state index is -1.02. The molecule has 0 amide bonds. The molecule has 0 fully saturated rings. The molecule has 0 aliphatic rings. The van der Waals surface area contributed by atoms with Gasteiger partial charge in [-0.05, 0) is 38.8 Å². The number of hydrogen-bond donors (Lipinski definition) is 1. The van der Waals surface area contributed by atoms with E-state index in [1.54, 1.807) is 6.92 Å².